The Hall–Kier alpha value is 0.0800. The predicted molar refractivity (Wildman–Crippen MR) is 55.3 cm³/mol. The maximum Gasteiger partial charge on any atom is 0.330 e. The molecule has 13 heavy (non-hydrogen) atoms. The third-order valence-electron chi connectivity index (χ3n) is 1.15. The van der Waals surface area contributed by atoms with Gasteiger partial charge in [0.2, 0.25) is 3.79 Å². The minimum Gasteiger partial charge on any atom is -0.463 e. The highest BCUT2D eigenvalue weighted by Crippen LogP contribution is 2.27. The molecule has 0 heterocycles. The molecule has 0 saturated heterocycles. The molecule has 0 atom stereocenters. The van der Waals surface area contributed by atoms with Gasteiger partial charge < -0.3 is 4.74 Å². The second-order valence-electron chi connectivity index (χ2n) is 2.40. The van der Waals surface area contributed by atoms with Crippen molar-refractivity contribution in [3.8, 4) is 0 Å². The zero-order valence-corrected chi connectivity index (χ0v) is 9.49. The number of allylic oxidation sites excluding steroid dienone is 1. The summed E-state index contributed by atoms with van der Waals surface area (Å²) < 4.78 is 3.24. The van der Waals surface area contributed by atoms with E-state index >= 15 is 0 Å². The van der Waals surface area contributed by atoms with E-state index in [0.717, 1.165) is 25.0 Å². The number of hydrogen-bond donors (Lipinski definition) is 0. The summed E-state index contributed by atoms with van der Waals surface area (Å²) in [5.74, 6) is -0.486. The molecule has 0 fully saturated rings. The van der Waals surface area contributed by atoms with Crippen molar-refractivity contribution >= 4 is 40.8 Å². The summed E-state index contributed by atoms with van der Waals surface area (Å²) in [6.45, 7) is 2.41. The molecular weight excluding hydrogens is 234 g/mol. The zero-order valence-electron chi connectivity index (χ0n) is 7.23. The van der Waals surface area contributed by atoms with Gasteiger partial charge in [-0.1, -0.05) is 48.1 Å². The summed E-state index contributed by atoms with van der Waals surface area (Å²) in [7, 11) is 0. The summed E-state index contributed by atoms with van der Waals surface area (Å²) in [4.78, 5) is 10.9. The van der Waals surface area contributed by atoms with Gasteiger partial charge in [0.15, 0.2) is 0 Å². The van der Waals surface area contributed by atoms with Crippen LogP contribution in [0.25, 0.3) is 0 Å². The standard InChI is InChI=1S/C8H11Cl3O2/c1-2-3-6-13-7(12)4-5-8(9,10)11/h4-5H,2-3,6H2,1H3/b5-4-. The molecule has 0 aliphatic heterocycles. The van der Waals surface area contributed by atoms with Crippen LogP contribution in [0, 0.1) is 0 Å². The van der Waals surface area contributed by atoms with Crippen molar-refractivity contribution < 1.29 is 9.53 Å². The van der Waals surface area contributed by atoms with Crippen molar-refractivity contribution in [2.75, 3.05) is 6.61 Å². The monoisotopic (exact) mass is 244 g/mol. The van der Waals surface area contributed by atoms with Gasteiger partial charge in [0.25, 0.3) is 0 Å². The number of carbonyl (C=O) groups excluding carboxylic acids is 1. The summed E-state index contributed by atoms with van der Waals surface area (Å²) in [6.07, 6.45) is 4.09. The first-order valence-corrected chi connectivity index (χ1v) is 5.02. The van der Waals surface area contributed by atoms with Crippen LogP contribution in [0.15, 0.2) is 12.2 Å². The quantitative estimate of drug-likeness (QED) is 0.329. The van der Waals surface area contributed by atoms with Gasteiger partial charge in [-0.05, 0) is 12.5 Å². The van der Waals surface area contributed by atoms with E-state index in [1.165, 1.54) is 0 Å². The average Bonchev–Trinajstić information content (AvgIpc) is 2.00. The van der Waals surface area contributed by atoms with Crippen molar-refractivity contribution in [2.24, 2.45) is 0 Å². The molecule has 0 bridgehead atoms. The highest BCUT2D eigenvalue weighted by Gasteiger charge is 2.14. The van der Waals surface area contributed by atoms with Crippen LogP contribution in [0.4, 0.5) is 0 Å². The van der Waals surface area contributed by atoms with Crippen LogP contribution in [0.3, 0.4) is 0 Å². The summed E-state index contributed by atoms with van der Waals surface area (Å²) in [6, 6.07) is 0. The molecule has 0 aromatic carbocycles. The molecule has 0 rings (SSSR count). The van der Waals surface area contributed by atoms with E-state index in [1.54, 1.807) is 0 Å². The lowest BCUT2D eigenvalue weighted by Gasteiger charge is -2.02. The normalized spacial score (nSPS) is 12.0. The molecule has 0 N–H and O–H groups in total. The van der Waals surface area contributed by atoms with Crippen molar-refractivity contribution in [1.82, 2.24) is 0 Å². The molecule has 0 spiro atoms. The Bertz CT molecular complexity index is 184. The second-order valence-corrected chi connectivity index (χ2v) is 4.76. The van der Waals surface area contributed by atoms with E-state index in [9.17, 15) is 4.79 Å². The van der Waals surface area contributed by atoms with Gasteiger partial charge in [-0.15, -0.1) is 0 Å². The van der Waals surface area contributed by atoms with E-state index in [2.05, 4.69) is 0 Å². The van der Waals surface area contributed by atoms with Crippen molar-refractivity contribution in [1.29, 1.82) is 0 Å². The molecule has 2 nitrogen and oxygen atoms in total. The molecule has 76 valence electrons. The van der Waals surface area contributed by atoms with E-state index < -0.39 is 9.76 Å². The molecule has 0 saturated carbocycles. The zero-order chi connectivity index (χ0) is 10.3. The maximum atomic E-state index is 10.9. The second kappa shape index (κ2) is 6.52. The highest BCUT2D eigenvalue weighted by molar-refractivity contribution is 6.69. The Morgan fingerprint density at radius 3 is 2.54 bits per heavy atom. The van der Waals surface area contributed by atoms with Gasteiger partial charge in [-0.2, -0.15) is 0 Å². The van der Waals surface area contributed by atoms with E-state index in [-0.39, 0.29) is 0 Å². The molecule has 0 aliphatic rings. The SMILES string of the molecule is CCCCOC(=O)/C=C\C(Cl)(Cl)Cl. The van der Waals surface area contributed by atoms with Crippen LogP contribution in [0.1, 0.15) is 19.8 Å². The number of unbranched alkanes of at least 4 members (excludes halogenated alkanes) is 1. The first-order valence-electron chi connectivity index (χ1n) is 3.88. The van der Waals surface area contributed by atoms with Gasteiger partial charge in [0.05, 0.1) is 6.61 Å². The van der Waals surface area contributed by atoms with Crippen molar-refractivity contribution in [3.63, 3.8) is 0 Å². The number of halogens is 3. The fourth-order valence-electron chi connectivity index (χ4n) is 0.528. The summed E-state index contributed by atoms with van der Waals surface area (Å²) in [5.41, 5.74) is 0. The number of ether oxygens (including phenoxy) is 1. The first-order chi connectivity index (χ1) is 5.95. The van der Waals surface area contributed by atoms with Crippen LogP contribution in [0.2, 0.25) is 0 Å². The topological polar surface area (TPSA) is 26.3 Å². The van der Waals surface area contributed by atoms with Gasteiger partial charge in [-0.25, -0.2) is 4.79 Å². The number of esters is 1. The molecule has 0 unspecified atom stereocenters. The third kappa shape index (κ3) is 10.00. The molecular formula is C8H11Cl3O2. The lowest BCUT2D eigenvalue weighted by atomic mass is 10.4. The number of carbonyl (C=O) groups is 1. The van der Waals surface area contributed by atoms with E-state index in [4.69, 9.17) is 39.5 Å². The number of alkyl halides is 3. The average molecular weight is 246 g/mol. The molecule has 5 heteroatoms. The molecule has 0 aromatic rings. The largest absolute Gasteiger partial charge is 0.463 e. The molecule has 0 radical (unpaired) electrons. The fraction of sp³-hybridized carbons (Fsp3) is 0.625. The van der Waals surface area contributed by atoms with Crippen LogP contribution in [0.5, 0.6) is 0 Å². The first kappa shape index (κ1) is 13.1. The van der Waals surface area contributed by atoms with E-state index in [0.29, 0.717) is 6.61 Å². The fourth-order valence-corrected chi connectivity index (χ4v) is 0.717. The van der Waals surface area contributed by atoms with Crippen LogP contribution < -0.4 is 0 Å². The van der Waals surface area contributed by atoms with Crippen LogP contribution in [-0.4, -0.2) is 16.4 Å². The summed E-state index contributed by atoms with van der Waals surface area (Å²) in [5, 5.41) is 0. The van der Waals surface area contributed by atoms with Crippen LogP contribution in [-0.2, 0) is 9.53 Å². The maximum absolute atomic E-state index is 10.9. The minimum absolute atomic E-state index is 0.402. The van der Waals surface area contributed by atoms with Gasteiger partial charge >= 0.3 is 5.97 Å². The Balaban J connectivity index is 3.68. The highest BCUT2D eigenvalue weighted by atomic mass is 35.6. The molecule has 0 aliphatic carbocycles. The minimum atomic E-state index is -1.54. The van der Waals surface area contributed by atoms with Gasteiger partial charge in [-0.3, -0.25) is 0 Å². The third-order valence-corrected chi connectivity index (χ3v) is 1.53. The number of rotatable bonds is 4. The lowest BCUT2D eigenvalue weighted by Crippen LogP contribution is -2.04. The molecule has 0 aromatic heterocycles. The van der Waals surface area contributed by atoms with Crippen LogP contribution >= 0.6 is 34.8 Å². The smallest absolute Gasteiger partial charge is 0.330 e. The Kier molecular flexibility index (Phi) is 6.56. The van der Waals surface area contributed by atoms with Crippen molar-refractivity contribution in [2.45, 2.75) is 23.6 Å². The Morgan fingerprint density at radius 1 is 1.46 bits per heavy atom. The van der Waals surface area contributed by atoms with Crippen molar-refractivity contribution in [3.05, 3.63) is 12.2 Å². The van der Waals surface area contributed by atoms with Gasteiger partial charge in [0.1, 0.15) is 0 Å². The Morgan fingerprint density at radius 2 is 2.08 bits per heavy atom. The Labute approximate surface area is 92.8 Å². The predicted octanol–water partition coefficient (Wildman–Crippen LogP) is 3.26. The summed E-state index contributed by atoms with van der Waals surface area (Å²) >= 11 is 16.1. The lowest BCUT2D eigenvalue weighted by molar-refractivity contribution is -0.137. The van der Waals surface area contributed by atoms with E-state index in [1.807, 2.05) is 6.92 Å². The van der Waals surface area contributed by atoms with Gasteiger partial charge in [0, 0.05) is 6.08 Å². The number of hydrogen-bond acceptors (Lipinski definition) is 2. The molecule has 0 amide bonds.